The number of amides is 2. The third-order valence-corrected chi connectivity index (χ3v) is 3.10. The number of nitrogens with one attached hydrogen (secondary N) is 2. The van der Waals surface area contributed by atoms with Gasteiger partial charge in [0.25, 0.3) is 0 Å². The van der Waals surface area contributed by atoms with E-state index < -0.39 is 12.0 Å². The lowest BCUT2D eigenvalue weighted by Gasteiger charge is -2.06. The highest BCUT2D eigenvalue weighted by Gasteiger charge is 2.20. The van der Waals surface area contributed by atoms with Crippen LogP contribution in [-0.2, 0) is 4.74 Å². The largest absolute Gasteiger partial charge is 0.468 e. The molecular weight excluding hydrogens is 298 g/mol. The first-order valence-electron chi connectivity index (χ1n) is 6.86. The van der Waals surface area contributed by atoms with Crippen LogP contribution in [0.25, 0.3) is 0 Å². The van der Waals surface area contributed by atoms with E-state index in [1.807, 2.05) is 18.2 Å². The molecule has 0 fully saturated rings. The predicted molar refractivity (Wildman–Crippen MR) is 85.6 cm³/mol. The fraction of sp³-hybridized carbons (Fsp3) is 0.188. The first-order valence-corrected chi connectivity index (χ1v) is 6.86. The number of hydrazone groups is 1. The van der Waals surface area contributed by atoms with Crippen molar-refractivity contribution in [2.24, 2.45) is 5.10 Å². The lowest BCUT2D eigenvalue weighted by molar-refractivity contribution is 0.0599. The van der Waals surface area contributed by atoms with E-state index in [0.29, 0.717) is 22.7 Å². The number of para-hydroxylation sites is 1. The molecule has 7 heteroatoms. The zero-order chi connectivity index (χ0) is 16.8. The summed E-state index contributed by atoms with van der Waals surface area (Å²) in [4.78, 5) is 23.5. The Morgan fingerprint density at radius 2 is 1.91 bits per heavy atom. The van der Waals surface area contributed by atoms with Crippen LogP contribution < -0.4 is 10.7 Å². The summed E-state index contributed by atoms with van der Waals surface area (Å²) in [6.45, 7) is 3.36. The normalized spacial score (nSPS) is 11.0. The van der Waals surface area contributed by atoms with Gasteiger partial charge in [-0.3, -0.25) is 0 Å². The molecule has 7 nitrogen and oxygen atoms in total. The first-order chi connectivity index (χ1) is 11.0. The Morgan fingerprint density at radius 1 is 1.22 bits per heavy atom. The number of carbonyl (C=O) groups excluding carboxylic acids is 2. The molecule has 0 unspecified atom stereocenters. The molecule has 0 saturated carbocycles. The number of anilines is 1. The van der Waals surface area contributed by atoms with E-state index in [0.717, 1.165) is 0 Å². The lowest BCUT2D eigenvalue weighted by Crippen LogP contribution is -2.25. The fourth-order valence-electron chi connectivity index (χ4n) is 2.04. The van der Waals surface area contributed by atoms with Crippen molar-refractivity contribution in [3.05, 3.63) is 53.5 Å². The highest BCUT2D eigenvalue weighted by atomic mass is 16.5. The minimum atomic E-state index is -0.528. The molecule has 2 amide bonds. The Labute approximate surface area is 133 Å². The van der Waals surface area contributed by atoms with Gasteiger partial charge in [0.05, 0.1) is 18.4 Å². The molecule has 1 aromatic heterocycles. The van der Waals surface area contributed by atoms with E-state index in [4.69, 9.17) is 9.15 Å². The highest BCUT2D eigenvalue weighted by Crippen LogP contribution is 2.18. The number of nitrogens with zero attached hydrogens (tertiary/aromatic N) is 1. The molecule has 0 aliphatic rings. The summed E-state index contributed by atoms with van der Waals surface area (Å²) in [7, 11) is 1.28. The van der Waals surface area contributed by atoms with E-state index in [1.165, 1.54) is 13.4 Å². The SMILES string of the molecule is COC(=O)c1coc(C)c1/C(C)=N/NC(=O)Nc1ccccc1. The molecule has 2 rings (SSSR count). The van der Waals surface area contributed by atoms with Crippen LogP contribution in [0.2, 0.25) is 0 Å². The number of aryl methyl sites for hydroxylation is 1. The molecule has 0 bridgehead atoms. The summed E-state index contributed by atoms with van der Waals surface area (Å²) in [6, 6.07) is 8.48. The Kier molecular flexibility index (Phi) is 5.14. The van der Waals surface area contributed by atoms with E-state index in [9.17, 15) is 9.59 Å². The Hall–Kier alpha value is -3.09. The molecule has 2 aromatic rings. The zero-order valence-electron chi connectivity index (χ0n) is 13.0. The maximum absolute atomic E-state index is 11.8. The third-order valence-electron chi connectivity index (χ3n) is 3.10. The minimum absolute atomic E-state index is 0.261. The molecule has 1 heterocycles. The minimum Gasteiger partial charge on any atom is -0.468 e. The number of esters is 1. The molecule has 0 radical (unpaired) electrons. The monoisotopic (exact) mass is 315 g/mol. The summed E-state index contributed by atoms with van der Waals surface area (Å²) in [5.74, 6) is -0.0166. The molecule has 0 spiro atoms. The number of furan rings is 1. The van der Waals surface area contributed by atoms with Crippen LogP contribution in [-0.4, -0.2) is 24.8 Å². The molecular formula is C16H17N3O4. The van der Waals surface area contributed by atoms with Crippen LogP contribution in [0.4, 0.5) is 10.5 Å². The fourth-order valence-corrected chi connectivity index (χ4v) is 2.04. The second-order valence-electron chi connectivity index (χ2n) is 4.70. The number of ether oxygens (including phenoxy) is 1. The number of methoxy groups -OCH3 is 1. The quantitative estimate of drug-likeness (QED) is 0.515. The van der Waals surface area contributed by atoms with Crippen molar-refractivity contribution in [2.75, 3.05) is 12.4 Å². The molecule has 0 atom stereocenters. The van der Waals surface area contributed by atoms with Gasteiger partial charge in [0.15, 0.2) is 0 Å². The van der Waals surface area contributed by atoms with Gasteiger partial charge in [-0.1, -0.05) is 18.2 Å². The predicted octanol–water partition coefficient (Wildman–Crippen LogP) is 2.92. The summed E-state index contributed by atoms with van der Waals surface area (Å²) >= 11 is 0. The number of urea groups is 1. The van der Waals surface area contributed by atoms with Crippen molar-refractivity contribution >= 4 is 23.4 Å². The Morgan fingerprint density at radius 3 is 2.57 bits per heavy atom. The Balaban J connectivity index is 2.10. The van der Waals surface area contributed by atoms with Crippen molar-refractivity contribution in [3.8, 4) is 0 Å². The van der Waals surface area contributed by atoms with Crippen LogP contribution >= 0.6 is 0 Å². The topological polar surface area (TPSA) is 92.9 Å². The van der Waals surface area contributed by atoms with Crippen LogP contribution in [0.3, 0.4) is 0 Å². The molecule has 0 aliphatic heterocycles. The van der Waals surface area contributed by atoms with E-state index in [2.05, 4.69) is 15.8 Å². The maximum Gasteiger partial charge on any atom is 0.341 e. The van der Waals surface area contributed by atoms with Crippen molar-refractivity contribution in [1.82, 2.24) is 5.43 Å². The van der Waals surface area contributed by atoms with Crippen molar-refractivity contribution in [2.45, 2.75) is 13.8 Å². The molecule has 2 N–H and O–H groups in total. The van der Waals surface area contributed by atoms with E-state index in [-0.39, 0.29) is 5.56 Å². The van der Waals surface area contributed by atoms with Crippen LogP contribution in [0, 0.1) is 6.92 Å². The first kappa shape index (κ1) is 16.3. The number of hydrogen-bond donors (Lipinski definition) is 2. The van der Waals surface area contributed by atoms with Crippen LogP contribution in [0.15, 0.2) is 46.1 Å². The lowest BCUT2D eigenvalue weighted by atomic mass is 10.1. The average Bonchev–Trinajstić information content (AvgIpc) is 2.94. The standard InChI is InChI=1S/C16H17N3O4/c1-10(14-11(2)23-9-13(14)15(20)22-3)18-19-16(21)17-12-7-5-4-6-8-12/h4-9H,1-3H3,(H2,17,19,21)/b18-10+. The molecule has 0 aliphatic carbocycles. The van der Waals surface area contributed by atoms with Crippen LogP contribution in [0.1, 0.15) is 28.6 Å². The third kappa shape index (κ3) is 3.97. The number of carbonyl (C=O) groups is 2. The van der Waals surface area contributed by atoms with Gasteiger partial charge in [-0.2, -0.15) is 5.10 Å². The van der Waals surface area contributed by atoms with Crippen LogP contribution in [0.5, 0.6) is 0 Å². The second-order valence-corrected chi connectivity index (χ2v) is 4.70. The highest BCUT2D eigenvalue weighted by molar-refractivity contribution is 6.08. The summed E-state index contributed by atoms with van der Waals surface area (Å²) < 4.78 is 9.92. The smallest absolute Gasteiger partial charge is 0.341 e. The van der Waals surface area contributed by atoms with Crippen molar-refractivity contribution < 1.29 is 18.7 Å². The molecule has 120 valence electrons. The molecule has 23 heavy (non-hydrogen) atoms. The summed E-state index contributed by atoms with van der Waals surface area (Å²) in [5.41, 5.74) is 4.21. The van der Waals surface area contributed by atoms with E-state index >= 15 is 0 Å². The van der Waals surface area contributed by atoms with E-state index in [1.54, 1.807) is 26.0 Å². The van der Waals surface area contributed by atoms with Gasteiger partial charge >= 0.3 is 12.0 Å². The molecule has 0 saturated heterocycles. The number of rotatable bonds is 4. The van der Waals surface area contributed by atoms with Crippen molar-refractivity contribution in [3.63, 3.8) is 0 Å². The Bertz CT molecular complexity index is 735. The van der Waals surface area contributed by atoms with Gasteiger partial charge < -0.3 is 14.5 Å². The number of benzene rings is 1. The van der Waals surface area contributed by atoms with Gasteiger partial charge in [0.2, 0.25) is 0 Å². The second kappa shape index (κ2) is 7.26. The average molecular weight is 315 g/mol. The summed E-state index contributed by atoms with van der Waals surface area (Å²) in [6.07, 6.45) is 1.31. The zero-order valence-corrected chi connectivity index (χ0v) is 13.0. The summed E-state index contributed by atoms with van der Waals surface area (Å²) in [5, 5.41) is 6.62. The van der Waals surface area contributed by atoms with Gasteiger partial charge in [0, 0.05) is 5.69 Å². The van der Waals surface area contributed by atoms with Gasteiger partial charge in [-0.05, 0) is 26.0 Å². The van der Waals surface area contributed by atoms with Gasteiger partial charge in [-0.25, -0.2) is 15.0 Å². The van der Waals surface area contributed by atoms with Crippen molar-refractivity contribution in [1.29, 1.82) is 0 Å². The number of hydrogen-bond acceptors (Lipinski definition) is 5. The van der Waals surface area contributed by atoms with Gasteiger partial charge in [-0.15, -0.1) is 0 Å². The molecule has 1 aromatic carbocycles. The van der Waals surface area contributed by atoms with Gasteiger partial charge in [0.1, 0.15) is 17.6 Å². The maximum atomic E-state index is 11.8.